The summed E-state index contributed by atoms with van der Waals surface area (Å²) in [5, 5.41) is 4.37. The number of carbonyl (C=O) groups is 1. The summed E-state index contributed by atoms with van der Waals surface area (Å²) in [6.07, 6.45) is 3.41. The molecular weight excluding hydrogens is 292 g/mol. The van der Waals surface area contributed by atoms with Crippen molar-refractivity contribution in [2.45, 2.75) is 13.8 Å². The molecule has 6 nitrogen and oxygen atoms in total. The Morgan fingerprint density at radius 2 is 2.09 bits per heavy atom. The van der Waals surface area contributed by atoms with Crippen LogP contribution < -0.4 is 0 Å². The molecule has 0 aliphatic rings. The Hall–Kier alpha value is -3.02. The lowest BCUT2D eigenvalue weighted by Crippen LogP contribution is -2.07. The van der Waals surface area contributed by atoms with Gasteiger partial charge >= 0.3 is 5.97 Å². The van der Waals surface area contributed by atoms with E-state index in [9.17, 15) is 4.79 Å². The summed E-state index contributed by atoms with van der Waals surface area (Å²) < 4.78 is 6.69. The number of hydrogen-bond acceptors (Lipinski definition) is 5. The van der Waals surface area contributed by atoms with Gasteiger partial charge in [0.05, 0.1) is 29.9 Å². The average Bonchev–Trinajstić information content (AvgIpc) is 3.02. The third kappa shape index (κ3) is 3.11. The molecule has 3 heterocycles. The smallest absolute Gasteiger partial charge is 0.358 e. The zero-order valence-electron chi connectivity index (χ0n) is 12.9. The van der Waals surface area contributed by atoms with Crippen LogP contribution in [0.25, 0.3) is 17.1 Å². The molecule has 0 aliphatic carbocycles. The molecular formula is C17H16N4O2. The van der Waals surface area contributed by atoms with Crippen LogP contribution in [0.2, 0.25) is 0 Å². The van der Waals surface area contributed by atoms with E-state index in [1.807, 2.05) is 37.3 Å². The molecule has 0 bridgehead atoms. The summed E-state index contributed by atoms with van der Waals surface area (Å²) in [7, 11) is 0. The van der Waals surface area contributed by atoms with Crippen molar-refractivity contribution in [2.75, 3.05) is 6.61 Å². The van der Waals surface area contributed by atoms with Gasteiger partial charge in [0.15, 0.2) is 5.69 Å². The molecule has 0 amide bonds. The van der Waals surface area contributed by atoms with Gasteiger partial charge < -0.3 is 4.74 Å². The van der Waals surface area contributed by atoms with Crippen molar-refractivity contribution >= 4 is 5.97 Å². The summed E-state index contributed by atoms with van der Waals surface area (Å²) >= 11 is 0. The molecule has 0 saturated heterocycles. The first-order chi connectivity index (χ1) is 11.2. The van der Waals surface area contributed by atoms with Crippen LogP contribution in [0.4, 0.5) is 0 Å². The van der Waals surface area contributed by atoms with Gasteiger partial charge in [-0.2, -0.15) is 5.10 Å². The molecule has 3 aromatic rings. The summed E-state index contributed by atoms with van der Waals surface area (Å²) in [5.74, 6) is -0.455. The number of rotatable bonds is 4. The van der Waals surface area contributed by atoms with Crippen LogP contribution in [0.5, 0.6) is 0 Å². The van der Waals surface area contributed by atoms with E-state index in [1.54, 1.807) is 30.1 Å². The Morgan fingerprint density at radius 1 is 1.22 bits per heavy atom. The molecule has 116 valence electrons. The molecule has 3 rings (SSSR count). The summed E-state index contributed by atoms with van der Waals surface area (Å²) in [6, 6.07) is 11.1. The van der Waals surface area contributed by atoms with Crippen molar-refractivity contribution in [2.24, 2.45) is 0 Å². The van der Waals surface area contributed by atoms with Gasteiger partial charge in [-0.3, -0.25) is 9.97 Å². The molecule has 0 atom stereocenters. The second-order valence-corrected chi connectivity index (χ2v) is 4.92. The van der Waals surface area contributed by atoms with Crippen LogP contribution in [0.3, 0.4) is 0 Å². The molecule has 0 fully saturated rings. The zero-order chi connectivity index (χ0) is 16.2. The first-order valence-electron chi connectivity index (χ1n) is 7.30. The Labute approximate surface area is 133 Å². The third-order valence-corrected chi connectivity index (χ3v) is 3.26. The zero-order valence-corrected chi connectivity index (χ0v) is 12.9. The van der Waals surface area contributed by atoms with Crippen LogP contribution >= 0.6 is 0 Å². The molecule has 0 saturated carbocycles. The van der Waals surface area contributed by atoms with Gasteiger partial charge in [-0.15, -0.1) is 0 Å². The lowest BCUT2D eigenvalue weighted by Gasteiger charge is -2.06. The van der Waals surface area contributed by atoms with Crippen LogP contribution in [-0.2, 0) is 4.74 Å². The number of nitrogens with zero attached hydrogens (tertiary/aromatic N) is 4. The maximum Gasteiger partial charge on any atom is 0.358 e. The largest absolute Gasteiger partial charge is 0.461 e. The normalized spacial score (nSPS) is 10.5. The van der Waals surface area contributed by atoms with Crippen molar-refractivity contribution in [3.05, 3.63) is 60.2 Å². The number of ether oxygens (including phenoxy) is 1. The lowest BCUT2D eigenvalue weighted by molar-refractivity contribution is 0.0519. The molecule has 0 unspecified atom stereocenters. The maximum absolute atomic E-state index is 12.0. The van der Waals surface area contributed by atoms with E-state index in [0.29, 0.717) is 12.3 Å². The second kappa shape index (κ2) is 6.39. The number of pyridine rings is 2. The van der Waals surface area contributed by atoms with Crippen molar-refractivity contribution in [3.8, 4) is 17.1 Å². The Morgan fingerprint density at radius 3 is 2.74 bits per heavy atom. The van der Waals surface area contributed by atoms with Crippen LogP contribution in [0.15, 0.2) is 48.8 Å². The quantitative estimate of drug-likeness (QED) is 0.693. The van der Waals surface area contributed by atoms with Gasteiger partial charge in [-0.1, -0.05) is 6.07 Å². The molecule has 0 aliphatic heterocycles. The Kier molecular flexibility index (Phi) is 4.14. The van der Waals surface area contributed by atoms with Crippen LogP contribution in [-0.4, -0.2) is 32.3 Å². The van der Waals surface area contributed by atoms with E-state index in [4.69, 9.17) is 4.74 Å². The first kappa shape index (κ1) is 14.9. The highest BCUT2D eigenvalue weighted by molar-refractivity contribution is 5.88. The molecule has 23 heavy (non-hydrogen) atoms. The lowest BCUT2D eigenvalue weighted by atomic mass is 10.2. The van der Waals surface area contributed by atoms with E-state index in [-0.39, 0.29) is 5.69 Å². The van der Waals surface area contributed by atoms with Crippen LogP contribution in [0.1, 0.15) is 23.1 Å². The molecule has 0 spiro atoms. The van der Waals surface area contributed by atoms with Crippen molar-refractivity contribution in [1.29, 1.82) is 0 Å². The third-order valence-electron chi connectivity index (χ3n) is 3.26. The number of aromatic nitrogens is 4. The maximum atomic E-state index is 12.0. The molecule has 0 aromatic carbocycles. The van der Waals surface area contributed by atoms with E-state index < -0.39 is 5.97 Å². The van der Waals surface area contributed by atoms with E-state index in [1.165, 1.54) is 0 Å². The first-order valence-corrected chi connectivity index (χ1v) is 7.30. The monoisotopic (exact) mass is 308 g/mol. The topological polar surface area (TPSA) is 69.9 Å². The van der Waals surface area contributed by atoms with Gasteiger partial charge in [0.2, 0.25) is 0 Å². The van der Waals surface area contributed by atoms with Crippen molar-refractivity contribution < 1.29 is 9.53 Å². The van der Waals surface area contributed by atoms with E-state index >= 15 is 0 Å². The predicted molar refractivity (Wildman–Crippen MR) is 85.3 cm³/mol. The highest BCUT2D eigenvalue weighted by atomic mass is 16.5. The molecule has 0 N–H and O–H groups in total. The number of hydrogen-bond donors (Lipinski definition) is 0. The van der Waals surface area contributed by atoms with Gasteiger partial charge in [0, 0.05) is 18.0 Å². The molecule has 6 heteroatoms. The fraction of sp³-hybridized carbons (Fsp3) is 0.176. The summed E-state index contributed by atoms with van der Waals surface area (Å²) in [4.78, 5) is 20.6. The number of esters is 1. The summed E-state index contributed by atoms with van der Waals surface area (Å²) in [5.41, 5.74) is 3.33. The minimum Gasteiger partial charge on any atom is -0.461 e. The van der Waals surface area contributed by atoms with Crippen LogP contribution in [0, 0.1) is 6.92 Å². The second-order valence-electron chi connectivity index (χ2n) is 4.92. The Bertz CT molecular complexity index is 810. The number of aryl methyl sites for hydroxylation is 1. The highest BCUT2D eigenvalue weighted by Gasteiger charge is 2.18. The fourth-order valence-corrected chi connectivity index (χ4v) is 2.16. The highest BCUT2D eigenvalue weighted by Crippen LogP contribution is 2.22. The van der Waals surface area contributed by atoms with Gasteiger partial charge in [0.1, 0.15) is 0 Å². The SMILES string of the molecule is CCOC(=O)c1cc(-c2ccccn2)n(-c2ccc(C)nc2)n1. The van der Waals surface area contributed by atoms with Gasteiger partial charge in [0.25, 0.3) is 0 Å². The minimum atomic E-state index is -0.455. The predicted octanol–water partition coefficient (Wildman–Crippen LogP) is 2.81. The minimum absolute atomic E-state index is 0.244. The number of carbonyl (C=O) groups excluding carboxylic acids is 1. The standard InChI is InChI=1S/C17H16N4O2/c1-3-23-17(22)15-10-16(14-6-4-5-9-18-14)21(20-15)13-8-7-12(2)19-11-13/h4-11H,3H2,1-2H3. The Balaban J connectivity index is 2.12. The molecule has 0 radical (unpaired) electrons. The average molecular weight is 308 g/mol. The van der Waals surface area contributed by atoms with Gasteiger partial charge in [-0.05, 0) is 38.1 Å². The fourth-order valence-electron chi connectivity index (χ4n) is 2.16. The molecule has 3 aromatic heterocycles. The van der Waals surface area contributed by atoms with Crippen molar-refractivity contribution in [1.82, 2.24) is 19.7 Å². The van der Waals surface area contributed by atoms with Gasteiger partial charge in [-0.25, -0.2) is 9.48 Å². The summed E-state index contributed by atoms with van der Waals surface area (Å²) in [6.45, 7) is 3.98. The van der Waals surface area contributed by atoms with Crippen molar-refractivity contribution in [3.63, 3.8) is 0 Å². The van der Waals surface area contributed by atoms with E-state index in [0.717, 1.165) is 17.1 Å². The van der Waals surface area contributed by atoms with E-state index in [2.05, 4.69) is 15.1 Å².